The second-order valence-corrected chi connectivity index (χ2v) is 8.05. The van der Waals surface area contributed by atoms with Gasteiger partial charge in [-0.05, 0) is 37.6 Å². The smallest absolute Gasteiger partial charge is 0.255 e. The molecule has 0 N–H and O–H groups in total. The Hall–Kier alpha value is -2.31. The molecule has 0 atom stereocenters. The molecular formula is C21H24N4OS. The summed E-state index contributed by atoms with van der Waals surface area (Å²) in [6.07, 6.45) is 0.889. The van der Waals surface area contributed by atoms with Crippen LogP contribution in [0.4, 0.5) is 0 Å². The van der Waals surface area contributed by atoms with E-state index in [4.69, 9.17) is 4.98 Å². The zero-order valence-corrected chi connectivity index (χ0v) is 16.6. The molecule has 3 aromatic rings. The lowest BCUT2D eigenvalue weighted by atomic mass is 10.1. The highest BCUT2D eigenvalue weighted by atomic mass is 32.1. The Labute approximate surface area is 163 Å². The van der Waals surface area contributed by atoms with Crippen LogP contribution in [-0.2, 0) is 13.0 Å². The van der Waals surface area contributed by atoms with Crippen LogP contribution in [0, 0.1) is 6.92 Å². The lowest BCUT2D eigenvalue weighted by Crippen LogP contribution is -2.48. The number of para-hydroxylation sites is 1. The molecule has 1 aliphatic rings. The van der Waals surface area contributed by atoms with Crippen LogP contribution < -0.4 is 0 Å². The minimum Gasteiger partial charge on any atom is -0.336 e. The number of hydrogen-bond donors (Lipinski definition) is 0. The fourth-order valence-corrected chi connectivity index (χ4v) is 4.50. The summed E-state index contributed by atoms with van der Waals surface area (Å²) in [4.78, 5) is 26.4. The molecule has 6 heteroatoms. The first-order valence-corrected chi connectivity index (χ1v) is 10.3. The molecule has 0 spiro atoms. The van der Waals surface area contributed by atoms with E-state index >= 15 is 0 Å². The number of hydrogen-bond acceptors (Lipinski definition) is 5. The molecule has 1 aromatic carbocycles. The molecule has 1 saturated heterocycles. The molecule has 0 aliphatic carbocycles. The minimum absolute atomic E-state index is 0.0993. The number of benzene rings is 1. The van der Waals surface area contributed by atoms with Crippen molar-refractivity contribution in [3.05, 3.63) is 58.4 Å². The van der Waals surface area contributed by atoms with Gasteiger partial charge in [0.2, 0.25) is 0 Å². The molecule has 1 fully saturated rings. The number of rotatable bonds is 4. The molecule has 5 nitrogen and oxygen atoms in total. The van der Waals surface area contributed by atoms with Gasteiger partial charge in [-0.3, -0.25) is 14.7 Å². The van der Waals surface area contributed by atoms with Crippen LogP contribution in [0.2, 0.25) is 0 Å². The van der Waals surface area contributed by atoms with E-state index in [0.717, 1.165) is 66.6 Å². The van der Waals surface area contributed by atoms with Crippen LogP contribution in [-0.4, -0.2) is 51.9 Å². The zero-order valence-electron chi connectivity index (χ0n) is 15.8. The average Bonchev–Trinajstić information content (AvgIpc) is 3.10. The molecule has 3 heterocycles. The number of aromatic nitrogens is 2. The number of fused-ring (bicyclic) bond motifs is 1. The van der Waals surface area contributed by atoms with Crippen molar-refractivity contribution in [3.8, 4) is 0 Å². The standard InChI is InChI=1S/C21H24N4OS/c1-3-16-8-9-17(15(2)22-16)21(26)25-12-10-24(11-13-25)14-20-23-18-6-4-5-7-19(18)27-20/h4-9H,3,10-14H2,1-2H3. The van der Waals surface area contributed by atoms with Crippen LogP contribution >= 0.6 is 11.3 Å². The van der Waals surface area contributed by atoms with E-state index in [1.54, 1.807) is 11.3 Å². The summed E-state index contributed by atoms with van der Waals surface area (Å²) in [6.45, 7) is 8.11. The van der Waals surface area contributed by atoms with E-state index in [1.165, 1.54) is 4.70 Å². The number of piperazine rings is 1. The van der Waals surface area contributed by atoms with Gasteiger partial charge >= 0.3 is 0 Å². The highest BCUT2D eigenvalue weighted by molar-refractivity contribution is 7.18. The van der Waals surface area contributed by atoms with Crippen molar-refractivity contribution >= 4 is 27.5 Å². The van der Waals surface area contributed by atoms with Crippen LogP contribution in [0.15, 0.2) is 36.4 Å². The van der Waals surface area contributed by atoms with Crippen molar-refractivity contribution in [2.75, 3.05) is 26.2 Å². The molecule has 0 saturated carbocycles. The maximum atomic E-state index is 12.9. The second-order valence-electron chi connectivity index (χ2n) is 6.93. The van der Waals surface area contributed by atoms with Gasteiger partial charge < -0.3 is 4.90 Å². The molecule has 0 radical (unpaired) electrons. The number of carbonyl (C=O) groups excluding carboxylic acids is 1. The molecule has 1 amide bonds. The molecule has 27 heavy (non-hydrogen) atoms. The number of pyridine rings is 1. The number of nitrogens with zero attached hydrogens (tertiary/aromatic N) is 4. The molecular weight excluding hydrogens is 356 g/mol. The van der Waals surface area contributed by atoms with Gasteiger partial charge in [-0.25, -0.2) is 4.98 Å². The van der Waals surface area contributed by atoms with E-state index in [1.807, 2.05) is 30.0 Å². The summed E-state index contributed by atoms with van der Waals surface area (Å²) in [7, 11) is 0. The van der Waals surface area contributed by atoms with Crippen LogP contribution in [0.5, 0.6) is 0 Å². The van der Waals surface area contributed by atoms with Crippen molar-refractivity contribution in [2.24, 2.45) is 0 Å². The third-order valence-corrected chi connectivity index (χ3v) is 6.11. The quantitative estimate of drug-likeness (QED) is 0.695. The summed E-state index contributed by atoms with van der Waals surface area (Å²) in [5.41, 5.74) is 3.66. The van der Waals surface area contributed by atoms with Crippen molar-refractivity contribution in [1.82, 2.24) is 19.8 Å². The predicted molar refractivity (Wildman–Crippen MR) is 109 cm³/mol. The van der Waals surface area contributed by atoms with Crippen LogP contribution in [0.3, 0.4) is 0 Å². The van der Waals surface area contributed by atoms with Gasteiger partial charge in [0.1, 0.15) is 5.01 Å². The zero-order chi connectivity index (χ0) is 18.8. The first kappa shape index (κ1) is 18.1. The summed E-state index contributed by atoms with van der Waals surface area (Å²) >= 11 is 1.76. The third kappa shape index (κ3) is 3.87. The maximum absolute atomic E-state index is 12.9. The van der Waals surface area contributed by atoms with Crippen molar-refractivity contribution in [3.63, 3.8) is 0 Å². The fraction of sp³-hybridized carbons (Fsp3) is 0.381. The van der Waals surface area contributed by atoms with Crippen LogP contribution in [0.1, 0.15) is 33.7 Å². The number of amides is 1. The SMILES string of the molecule is CCc1ccc(C(=O)N2CCN(Cc3nc4ccccc4s3)CC2)c(C)n1. The van der Waals surface area contributed by atoms with Gasteiger partial charge in [-0.1, -0.05) is 19.1 Å². The van der Waals surface area contributed by atoms with Gasteiger partial charge in [0, 0.05) is 31.9 Å². The Morgan fingerprint density at radius 2 is 1.85 bits per heavy atom. The van der Waals surface area contributed by atoms with E-state index in [2.05, 4.69) is 35.0 Å². The fourth-order valence-electron chi connectivity index (χ4n) is 3.49. The Balaban J connectivity index is 1.37. The van der Waals surface area contributed by atoms with E-state index in [-0.39, 0.29) is 5.91 Å². The van der Waals surface area contributed by atoms with Gasteiger partial charge in [0.15, 0.2) is 0 Å². The summed E-state index contributed by atoms with van der Waals surface area (Å²) in [5, 5.41) is 1.14. The highest BCUT2D eigenvalue weighted by Gasteiger charge is 2.24. The van der Waals surface area contributed by atoms with Gasteiger partial charge in [0.25, 0.3) is 5.91 Å². The van der Waals surface area contributed by atoms with Crippen molar-refractivity contribution < 1.29 is 4.79 Å². The molecule has 140 valence electrons. The van der Waals surface area contributed by atoms with Crippen LogP contribution in [0.25, 0.3) is 10.2 Å². The number of carbonyl (C=O) groups is 1. The monoisotopic (exact) mass is 380 g/mol. The van der Waals surface area contributed by atoms with Crippen molar-refractivity contribution in [1.29, 1.82) is 0 Å². The average molecular weight is 381 g/mol. The summed E-state index contributed by atoms with van der Waals surface area (Å²) < 4.78 is 1.24. The first-order valence-electron chi connectivity index (χ1n) is 9.46. The highest BCUT2D eigenvalue weighted by Crippen LogP contribution is 2.23. The Morgan fingerprint density at radius 1 is 1.07 bits per heavy atom. The molecule has 0 bridgehead atoms. The molecule has 4 rings (SSSR count). The number of thiazole rings is 1. The summed E-state index contributed by atoms with van der Waals surface area (Å²) in [6, 6.07) is 12.2. The van der Waals surface area contributed by atoms with Gasteiger partial charge in [-0.2, -0.15) is 0 Å². The van der Waals surface area contributed by atoms with Gasteiger partial charge in [-0.15, -0.1) is 11.3 Å². The topological polar surface area (TPSA) is 49.3 Å². The molecule has 0 unspecified atom stereocenters. The maximum Gasteiger partial charge on any atom is 0.255 e. The Bertz CT molecular complexity index is 927. The Morgan fingerprint density at radius 3 is 2.56 bits per heavy atom. The van der Waals surface area contributed by atoms with Crippen molar-refractivity contribution in [2.45, 2.75) is 26.8 Å². The van der Waals surface area contributed by atoms with E-state index in [0.29, 0.717) is 0 Å². The van der Waals surface area contributed by atoms with E-state index < -0.39 is 0 Å². The predicted octanol–water partition coefficient (Wildman–Crippen LogP) is 3.52. The molecule has 2 aromatic heterocycles. The lowest BCUT2D eigenvalue weighted by molar-refractivity contribution is 0.0627. The minimum atomic E-state index is 0.0993. The largest absolute Gasteiger partial charge is 0.336 e. The Kier molecular flexibility index (Phi) is 5.18. The first-order chi connectivity index (χ1) is 13.1. The normalized spacial score (nSPS) is 15.4. The second kappa shape index (κ2) is 7.74. The van der Waals surface area contributed by atoms with Gasteiger partial charge in [0.05, 0.1) is 28.0 Å². The van der Waals surface area contributed by atoms with E-state index in [9.17, 15) is 4.79 Å². The summed E-state index contributed by atoms with van der Waals surface area (Å²) in [5.74, 6) is 0.0993. The lowest BCUT2D eigenvalue weighted by Gasteiger charge is -2.34. The molecule has 1 aliphatic heterocycles. The third-order valence-electron chi connectivity index (χ3n) is 5.09. The number of aryl methyl sites for hydroxylation is 2.